The van der Waals surface area contributed by atoms with Crippen LogP contribution in [0.5, 0.6) is 0 Å². The van der Waals surface area contributed by atoms with Crippen LogP contribution in [-0.2, 0) is 10.3 Å². The van der Waals surface area contributed by atoms with Crippen LogP contribution in [0.1, 0.15) is 18.4 Å². The second kappa shape index (κ2) is 5.51. The maximum absolute atomic E-state index is 12.2. The number of aliphatic hydroxyl groups is 1. The summed E-state index contributed by atoms with van der Waals surface area (Å²) in [7, 11) is 1.35. The molecule has 2 nitrogen and oxygen atoms in total. The largest absolute Gasteiger partial charge is 0.389 e. The standard InChI is InChI=1S/C12H15F3O2/c1-17-9-11(16,7-8-12(13,14)15)10-5-3-2-4-6-10/h2-6,16H,7-9H2,1H3. The lowest BCUT2D eigenvalue weighted by atomic mass is 9.90. The molecule has 1 N–H and O–H groups in total. The molecule has 0 bridgehead atoms. The molecule has 1 unspecified atom stereocenters. The van der Waals surface area contributed by atoms with Crippen molar-refractivity contribution in [3.8, 4) is 0 Å². The van der Waals surface area contributed by atoms with E-state index in [0.717, 1.165) is 0 Å². The maximum Gasteiger partial charge on any atom is 0.389 e. The Labute approximate surface area is 98.0 Å². The van der Waals surface area contributed by atoms with Gasteiger partial charge in [-0.3, -0.25) is 0 Å². The summed E-state index contributed by atoms with van der Waals surface area (Å²) in [5, 5.41) is 10.2. The third kappa shape index (κ3) is 4.36. The van der Waals surface area contributed by atoms with Crippen molar-refractivity contribution in [2.24, 2.45) is 0 Å². The van der Waals surface area contributed by atoms with Gasteiger partial charge in [-0.25, -0.2) is 0 Å². The fourth-order valence-electron chi connectivity index (χ4n) is 1.64. The van der Waals surface area contributed by atoms with Crippen molar-refractivity contribution in [2.75, 3.05) is 13.7 Å². The van der Waals surface area contributed by atoms with Crippen LogP contribution < -0.4 is 0 Å². The van der Waals surface area contributed by atoms with Gasteiger partial charge in [0, 0.05) is 13.5 Å². The number of hydrogen-bond donors (Lipinski definition) is 1. The number of methoxy groups -OCH3 is 1. The SMILES string of the molecule is COCC(O)(CCC(F)(F)F)c1ccccc1. The normalized spacial score (nSPS) is 15.6. The van der Waals surface area contributed by atoms with Gasteiger partial charge in [0.05, 0.1) is 6.61 Å². The Bertz CT molecular complexity index is 337. The predicted molar refractivity (Wildman–Crippen MR) is 57.5 cm³/mol. The van der Waals surface area contributed by atoms with E-state index < -0.39 is 24.6 Å². The Balaban J connectivity index is 2.82. The average molecular weight is 248 g/mol. The first-order valence-corrected chi connectivity index (χ1v) is 5.21. The highest BCUT2D eigenvalue weighted by Gasteiger charge is 2.36. The Kier molecular flexibility index (Phi) is 4.54. The molecule has 0 fully saturated rings. The molecule has 1 aromatic carbocycles. The molecule has 1 aromatic rings. The van der Waals surface area contributed by atoms with Gasteiger partial charge in [-0.2, -0.15) is 13.2 Å². The summed E-state index contributed by atoms with van der Waals surface area (Å²) in [6, 6.07) is 8.26. The lowest BCUT2D eigenvalue weighted by Gasteiger charge is -2.28. The number of rotatable bonds is 5. The summed E-state index contributed by atoms with van der Waals surface area (Å²) >= 11 is 0. The summed E-state index contributed by atoms with van der Waals surface area (Å²) in [6.07, 6.45) is -5.73. The second-order valence-corrected chi connectivity index (χ2v) is 3.95. The first kappa shape index (κ1) is 14.0. The molecule has 0 aliphatic rings. The van der Waals surface area contributed by atoms with Gasteiger partial charge < -0.3 is 9.84 Å². The lowest BCUT2D eigenvalue weighted by Crippen LogP contribution is -2.32. The second-order valence-electron chi connectivity index (χ2n) is 3.95. The van der Waals surface area contributed by atoms with Crippen molar-refractivity contribution in [3.63, 3.8) is 0 Å². The van der Waals surface area contributed by atoms with Crippen LogP contribution in [0.4, 0.5) is 13.2 Å². The molecular formula is C12H15F3O2. The highest BCUT2D eigenvalue weighted by Crippen LogP contribution is 2.32. The molecule has 1 atom stereocenters. The van der Waals surface area contributed by atoms with E-state index in [-0.39, 0.29) is 6.61 Å². The van der Waals surface area contributed by atoms with Crippen LogP contribution in [-0.4, -0.2) is 25.0 Å². The molecule has 0 radical (unpaired) electrons. The predicted octanol–water partition coefficient (Wildman–Crippen LogP) is 2.86. The molecule has 1 rings (SSSR count). The van der Waals surface area contributed by atoms with Crippen molar-refractivity contribution in [3.05, 3.63) is 35.9 Å². The first-order chi connectivity index (χ1) is 7.87. The Morgan fingerprint density at radius 3 is 2.18 bits per heavy atom. The maximum atomic E-state index is 12.2. The monoisotopic (exact) mass is 248 g/mol. The molecule has 96 valence electrons. The smallest absolute Gasteiger partial charge is 0.383 e. The van der Waals surface area contributed by atoms with Gasteiger partial charge in [-0.15, -0.1) is 0 Å². The van der Waals surface area contributed by atoms with Crippen LogP contribution in [0.15, 0.2) is 30.3 Å². The molecule has 5 heteroatoms. The molecule has 0 amide bonds. The Morgan fingerprint density at radius 2 is 1.71 bits per heavy atom. The topological polar surface area (TPSA) is 29.5 Å². The van der Waals surface area contributed by atoms with Gasteiger partial charge in [0.15, 0.2) is 0 Å². The Morgan fingerprint density at radius 1 is 1.12 bits per heavy atom. The zero-order valence-electron chi connectivity index (χ0n) is 9.50. The highest BCUT2D eigenvalue weighted by atomic mass is 19.4. The minimum Gasteiger partial charge on any atom is -0.383 e. The summed E-state index contributed by atoms with van der Waals surface area (Å²) < 4.78 is 41.4. The number of hydrogen-bond acceptors (Lipinski definition) is 2. The van der Waals surface area contributed by atoms with Gasteiger partial charge in [0.1, 0.15) is 5.60 Å². The summed E-state index contributed by atoms with van der Waals surface area (Å²) in [5.74, 6) is 0. The van der Waals surface area contributed by atoms with Crippen molar-refractivity contribution >= 4 is 0 Å². The summed E-state index contributed by atoms with van der Waals surface area (Å²) in [6.45, 7) is -0.160. The van der Waals surface area contributed by atoms with Crippen molar-refractivity contribution in [1.29, 1.82) is 0 Å². The van der Waals surface area contributed by atoms with Gasteiger partial charge in [-0.05, 0) is 12.0 Å². The van der Waals surface area contributed by atoms with E-state index in [4.69, 9.17) is 4.74 Å². The minimum absolute atomic E-state index is 0.160. The molecule has 0 heterocycles. The molecule has 0 aliphatic carbocycles. The van der Waals surface area contributed by atoms with Crippen molar-refractivity contribution in [2.45, 2.75) is 24.6 Å². The molecule has 0 aromatic heterocycles. The number of alkyl halides is 3. The van der Waals surface area contributed by atoms with E-state index in [1.54, 1.807) is 30.3 Å². The van der Waals surface area contributed by atoms with Gasteiger partial charge in [0.2, 0.25) is 0 Å². The zero-order valence-corrected chi connectivity index (χ0v) is 9.50. The Hall–Kier alpha value is -1.07. The molecular weight excluding hydrogens is 233 g/mol. The zero-order chi connectivity index (χ0) is 12.9. The van der Waals surface area contributed by atoms with Gasteiger partial charge in [0.25, 0.3) is 0 Å². The molecule has 0 spiro atoms. The van der Waals surface area contributed by atoms with Crippen molar-refractivity contribution in [1.82, 2.24) is 0 Å². The first-order valence-electron chi connectivity index (χ1n) is 5.21. The molecule has 0 saturated heterocycles. The fraction of sp³-hybridized carbons (Fsp3) is 0.500. The third-order valence-corrected chi connectivity index (χ3v) is 2.52. The van der Waals surface area contributed by atoms with Crippen LogP contribution in [0.25, 0.3) is 0 Å². The van der Waals surface area contributed by atoms with E-state index in [0.29, 0.717) is 5.56 Å². The quantitative estimate of drug-likeness (QED) is 0.868. The van der Waals surface area contributed by atoms with Crippen LogP contribution in [0.3, 0.4) is 0 Å². The molecule has 0 saturated carbocycles. The fourth-order valence-corrected chi connectivity index (χ4v) is 1.64. The molecule has 17 heavy (non-hydrogen) atoms. The van der Waals surface area contributed by atoms with Crippen LogP contribution >= 0.6 is 0 Å². The number of ether oxygens (including phenoxy) is 1. The number of benzene rings is 1. The van der Waals surface area contributed by atoms with Gasteiger partial charge in [-0.1, -0.05) is 30.3 Å². The van der Waals surface area contributed by atoms with E-state index in [1.165, 1.54) is 7.11 Å². The van der Waals surface area contributed by atoms with E-state index in [2.05, 4.69) is 0 Å². The minimum atomic E-state index is -4.28. The van der Waals surface area contributed by atoms with E-state index >= 15 is 0 Å². The highest BCUT2D eigenvalue weighted by molar-refractivity contribution is 5.22. The van der Waals surface area contributed by atoms with Crippen molar-refractivity contribution < 1.29 is 23.0 Å². The van der Waals surface area contributed by atoms with Gasteiger partial charge >= 0.3 is 6.18 Å². The van der Waals surface area contributed by atoms with Crippen LogP contribution in [0.2, 0.25) is 0 Å². The average Bonchev–Trinajstić information content (AvgIpc) is 2.27. The molecule has 0 aliphatic heterocycles. The van der Waals surface area contributed by atoms with E-state index in [1.807, 2.05) is 0 Å². The van der Waals surface area contributed by atoms with E-state index in [9.17, 15) is 18.3 Å². The van der Waals surface area contributed by atoms with Crippen LogP contribution in [0, 0.1) is 0 Å². The summed E-state index contributed by atoms with van der Waals surface area (Å²) in [5.41, 5.74) is -1.16. The summed E-state index contributed by atoms with van der Waals surface area (Å²) in [4.78, 5) is 0. The third-order valence-electron chi connectivity index (χ3n) is 2.52. The lowest BCUT2D eigenvalue weighted by molar-refractivity contribution is -0.152. The number of halogens is 3.